The molecule has 0 saturated carbocycles. The molecule has 0 saturated heterocycles. The van der Waals surface area contributed by atoms with Crippen LogP contribution in [0.25, 0.3) is 0 Å². The van der Waals surface area contributed by atoms with E-state index in [1.165, 1.54) is 18.4 Å². The van der Waals surface area contributed by atoms with Crippen molar-refractivity contribution < 1.29 is 9.53 Å². The summed E-state index contributed by atoms with van der Waals surface area (Å²) in [4.78, 5) is 16.7. The summed E-state index contributed by atoms with van der Waals surface area (Å²) in [5.74, 6) is -0.166. The largest absolute Gasteiger partial charge is 0.372 e. The molecule has 0 aliphatic heterocycles. The van der Waals surface area contributed by atoms with Crippen molar-refractivity contribution in [2.75, 3.05) is 12.4 Å². The Bertz CT molecular complexity index is 316. The molecule has 1 rings (SSSR count). The van der Waals surface area contributed by atoms with E-state index < -0.39 is 6.10 Å². The number of nitrogens with one attached hydrogen (secondary N) is 1. The summed E-state index contributed by atoms with van der Waals surface area (Å²) >= 11 is 1.47. The van der Waals surface area contributed by atoms with E-state index in [1.807, 2.05) is 13.8 Å². The summed E-state index contributed by atoms with van der Waals surface area (Å²) in [5, 5.41) is 3.33. The smallest absolute Gasteiger partial charge is 0.254 e. The fourth-order valence-corrected chi connectivity index (χ4v) is 1.66. The first-order valence-corrected chi connectivity index (χ1v) is 5.14. The SMILES string of the molecule is COC(C)C(=O)Nc1nc(C)c(C)s1. The Morgan fingerprint density at radius 2 is 2.21 bits per heavy atom. The van der Waals surface area contributed by atoms with E-state index >= 15 is 0 Å². The minimum Gasteiger partial charge on any atom is -0.372 e. The normalized spacial score (nSPS) is 12.6. The number of rotatable bonds is 3. The van der Waals surface area contributed by atoms with Gasteiger partial charge in [-0.15, -0.1) is 11.3 Å². The molecule has 0 aliphatic carbocycles. The highest BCUT2D eigenvalue weighted by Crippen LogP contribution is 2.21. The van der Waals surface area contributed by atoms with E-state index in [1.54, 1.807) is 6.92 Å². The summed E-state index contributed by atoms with van der Waals surface area (Å²) in [6.45, 7) is 5.59. The Balaban J connectivity index is 2.65. The van der Waals surface area contributed by atoms with Gasteiger partial charge in [0.25, 0.3) is 5.91 Å². The maximum atomic E-state index is 11.4. The van der Waals surface area contributed by atoms with Crippen LogP contribution in [0, 0.1) is 13.8 Å². The Morgan fingerprint density at radius 3 is 2.64 bits per heavy atom. The van der Waals surface area contributed by atoms with Crippen molar-refractivity contribution in [1.29, 1.82) is 0 Å². The highest BCUT2D eigenvalue weighted by atomic mass is 32.1. The lowest BCUT2D eigenvalue weighted by atomic mass is 10.4. The molecular formula is C9H14N2O2S. The van der Waals surface area contributed by atoms with E-state index in [4.69, 9.17) is 4.74 Å². The second kappa shape index (κ2) is 4.52. The molecule has 4 nitrogen and oxygen atoms in total. The quantitative estimate of drug-likeness (QED) is 0.833. The van der Waals surface area contributed by atoms with Crippen molar-refractivity contribution in [3.63, 3.8) is 0 Å². The number of anilines is 1. The summed E-state index contributed by atoms with van der Waals surface area (Å²) in [6.07, 6.45) is -0.445. The number of aromatic nitrogens is 1. The van der Waals surface area contributed by atoms with Crippen molar-refractivity contribution >= 4 is 22.4 Å². The monoisotopic (exact) mass is 214 g/mol. The Kier molecular flexibility index (Phi) is 3.60. The predicted molar refractivity (Wildman–Crippen MR) is 56.7 cm³/mol. The van der Waals surface area contributed by atoms with Crippen LogP contribution >= 0.6 is 11.3 Å². The fourth-order valence-electron chi connectivity index (χ4n) is 0.840. The number of hydrogen-bond donors (Lipinski definition) is 1. The first kappa shape index (κ1) is 11.1. The molecule has 1 unspecified atom stereocenters. The molecule has 0 aromatic carbocycles. The molecule has 0 aliphatic rings. The molecule has 0 fully saturated rings. The topological polar surface area (TPSA) is 51.2 Å². The zero-order valence-corrected chi connectivity index (χ0v) is 9.57. The van der Waals surface area contributed by atoms with Gasteiger partial charge in [-0.3, -0.25) is 10.1 Å². The molecule has 1 N–H and O–H groups in total. The number of aryl methyl sites for hydroxylation is 2. The summed E-state index contributed by atoms with van der Waals surface area (Å²) in [6, 6.07) is 0. The van der Waals surface area contributed by atoms with Crippen LogP contribution in [-0.2, 0) is 9.53 Å². The van der Waals surface area contributed by atoms with Crippen LogP contribution in [-0.4, -0.2) is 24.1 Å². The van der Waals surface area contributed by atoms with Crippen molar-refractivity contribution in [2.45, 2.75) is 26.9 Å². The summed E-state index contributed by atoms with van der Waals surface area (Å²) in [5.41, 5.74) is 0.954. The third-order valence-electron chi connectivity index (χ3n) is 1.98. The van der Waals surface area contributed by atoms with Crippen LogP contribution in [0.2, 0.25) is 0 Å². The van der Waals surface area contributed by atoms with Crippen LogP contribution < -0.4 is 5.32 Å². The van der Waals surface area contributed by atoms with Crippen LogP contribution in [0.5, 0.6) is 0 Å². The lowest BCUT2D eigenvalue weighted by molar-refractivity contribution is -0.124. The predicted octanol–water partition coefficient (Wildman–Crippen LogP) is 1.73. The van der Waals surface area contributed by atoms with Crippen molar-refractivity contribution in [3.05, 3.63) is 10.6 Å². The number of carbonyl (C=O) groups is 1. The average molecular weight is 214 g/mol. The molecule has 1 heterocycles. The molecular weight excluding hydrogens is 200 g/mol. The van der Waals surface area contributed by atoms with Gasteiger partial charge in [-0.1, -0.05) is 0 Å². The third kappa shape index (κ3) is 2.52. The highest BCUT2D eigenvalue weighted by molar-refractivity contribution is 7.15. The van der Waals surface area contributed by atoms with Crippen molar-refractivity contribution in [2.24, 2.45) is 0 Å². The molecule has 0 bridgehead atoms. The van der Waals surface area contributed by atoms with E-state index in [0.29, 0.717) is 5.13 Å². The lowest BCUT2D eigenvalue weighted by Crippen LogP contribution is -2.26. The summed E-state index contributed by atoms with van der Waals surface area (Å²) < 4.78 is 4.89. The van der Waals surface area contributed by atoms with Gasteiger partial charge in [-0.25, -0.2) is 4.98 Å². The Labute approximate surface area is 87.3 Å². The van der Waals surface area contributed by atoms with Gasteiger partial charge >= 0.3 is 0 Å². The van der Waals surface area contributed by atoms with Gasteiger partial charge in [0, 0.05) is 12.0 Å². The number of ether oxygens (including phenoxy) is 1. The summed E-state index contributed by atoms with van der Waals surface area (Å²) in [7, 11) is 1.50. The molecule has 5 heteroatoms. The molecule has 1 amide bonds. The van der Waals surface area contributed by atoms with E-state index in [-0.39, 0.29) is 5.91 Å². The third-order valence-corrected chi connectivity index (χ3v) is 2.97. The maximum Gasteiger partial charge on any atom is 0.254 e. The van der Waals surface area contributed by atoms with E-state index in [9.17, 15) is 4.79 Å². The Hall–Kier alpha value is -0.940. The molecule has 1 aromatic rings. The second-order valence-electron chi connectivity index (χ2n) is 3.03. The van der Waals surface area contributed by atoms with Crippen LogP contribution in [0.1, 0.15) is 17.5 Å². The van der Waals surface area contributed by atoms with Gasteiger partial charge in [0.2, 0.25) is 0 Å². The fraction of sp³-hybridized carbons (Fsp3) is 0.556. The van der Waals surface area contributed by atoms with Crippen LogP contribution in [0.15, 0.2) is 0 Å². The van der Waals surface area contributed by atoms with E-state index in [2.05, 4.69) is 10.3 Å². The van der Waals surface area contributed by atoms with Crippen LogP contribution in [0.3, 0.4) is 0 Å². The van der Waals surface area contributed by atoms with Gasteiger partial charge in [0.05, 0.1) is 5.69 Å². The number of carbonyl (C=O) groups excluding carboxylic acids is 1. The zero-order chi connectivity index (χ0) is 10.7. The second-order valence-corrected chi connectivity index (χ2v) is 4.23. The minimum absolute atomic E-state index is 0.166. The van der Waals surface area contributed by atoms with Gasteiger partial charge in [0.15, 0.2) is 5.13 Å². The van der Waals surface area contributed by atoms with Gasteiger partial charge in [0.1, 0.15) is 6.10 Å². The van der Waals surface area contributed by atoms with Crippen LogP contribution in [0.4, 0.5) is 5.13 Å². The lowest BCUT2D eigenvalue weighted by Gasteiger charge is -2.07. The number of nitrogens with zero attached hydrogens (tertiary/aromatic N) is 1. The number of thiazole rings is 1. The standard InChI is InChI=1S/C9H14N2O2S/c1-5-7(3)14-9(10-5)11-8(12)6(2)13-4/h6H,1-4H3,(H,10,11,12). The van der Waals surface area contributed by atoms with Gasteiger partial charge in [-0.2, -0.15) is 0 Å². The number of hydrogen-bond acceptors (Lipinski definition) is 4. The molecule has 0 radical (unpaired) electrons. The van der Waals surface area contributed by atoms with E-state index in [0.717, 1.165) is 10.6 Å². The first-order chi connectivity index (χ1) is 6.54. The number of methoxy groups -OCH3 is 1. The minimum atomic E-state index is -0.445. The maximum absolute atomic E-state index is 11.4. The van der Waals surface area contributed by atoms with Crippen molar-refractivity contribution in [3.8, 4) is 0 Å². The molecule has 14 heavy (non-hydrogen) atoms. The first-order valence-electron chi connectivity index (χ1n) is 4.32. The molecule has 78 valence electrons. The van der Waals surface area contributed by atoms with Gasteiger partial charge in [-0.05, 0) is 20.8 Å². The zero-order valence-electron chi connectivity index (χ0n) is 8.75. The number of amides is 1. The molecule has 1 atom stereocenters. The molecule has 1 aromatic heterocycles. The highest BCUT2D eigenvalue weighted by Gasteiger charge is 2.13. The van der Waals surface area contributed by atoms with Crippen molar-refractivity contribution in [1.82, 2.24) is 4.98 Å². The average Bonchev–Trinajstić information content (AvgIpc) is 2.44. The van der Waals surface area contributed by atoms with Gasteiger partial charge < -0.3 is 4.74 Å². The molecule has 0 spiro atoms. The Morgan fingerprint density at radius 1 is 1.57 bits per heavy atom.